The van der Waals surface area contributed by atoms with E-state index in [9.17, 15) is 9.59 Å². The van der Waals surface area contributed by atoms with E-state index in [0.29, 0.717) is 0 Å². The van der Waals surface area contributed by atoms with E-state index in [1.165, 1.54) is 7.11 Å². The van der Waals surface area contributed by atoms with Gasteiger partial charge in [0.15, 0.2) is 0 Å². The van der Waals surface area contributed by atoms with E-state index < -0.39 is 11.3 Å². The van der Waals surface area contributed by atoms with Gasteiger partial charge in [0.05, 0.1) is 18.4 Å². The zero-order valence-electron chi connectivity index (χ0n) is 11.8. The Kier molecular flexibility index (Phi) is 2.52. The molecule has 0 aromatic heterocycles. The van der Waals surface area contributed by atoms with Crippen LogP contribution < -0.4 is 5.32 Å². The summed E-state index contributed by atoms with van der Waals surface area (Å²) < 4.78 is 5.04. The molecule has 0 radical (unpaired) electrons. The van der Waals surface area contributed by atoms with Crippen LogP contribution in [0.15, 0.2) is 36.4 Å². The van der Waals surface area contributed by atoms with Gasteiger partial charge in [0.2, 0.25) is 5.91 Å². The third kappa shape index (κ3) is 1.40. The standard InChI is InChI=1S/C17H17NO3/c1-21-15(19)14-10-6-8-11(9-7-10)17(14)12-4-2-3-5-13(12)18-16(17)20/h2-6,8,10-11,14H,7,9H2,1H3,(H,18,20)/t10-,11+,14+,17+/m0/s1. The molecule has 1 spiro atoms. The van der Waals surface area contributed by atoms with Crippen LogP contribution in [0.1, 0.15) is 18.4 Å². The van der Waals surface area contributed by atoms with Crippen molar-refractivity contribution in [3.8, 4) is 0 Å². The molecule has 1 saturated carbocycles. The highest BCUT2D eigenvalue weighted by molar-refractivity contribution is 6.09. The molecule has 0 unspecified atom stereocenters. The fourth-order valence-corrected chi connectivity index (χ4v) is 4.53. The quantitative estimate of drug-likeness (QED) is 0.635. The summed E-state index contributed by atoms with van der Waals surface area (Å²) in [5, 5.41) is 2.97. The third-order valence-corrected chi connectivity index (χ3v) is 5.36. The first-order valence-electron chi connectivity index (χ1n) is 7.36. The number of rotatable bonds is 1. The minimum atomic E-state index is -0.790. The number of nitrogens with one attached hydrogen (secondary N) is 1. The first-order chi connectivity index (χ1) is 10.2. The number of fused-ring (bicyclic) bond motifs is 2. The smallest absolute Gasteiger partial charge is 0.310 e. The lowest BCUT2D eigenvalue weighted by atomic mass is 9.51. The van der Waals surface area contributed by atoms with E-state index in [0.717, 1.165) is 24.1 Å². The number of carbonyl (C=O) groups excluding carboxylic acids is 2. The molecule has 21 heavy (non-hydrogen) atoms. The SMILES string of the molecule is COC(=O)[C@H]1[C@H]2C=C[C@H](CC2)[C@]12C(=O)Nc1ccccc12. The second-order valence-corrected chi connectivity index (χ2v) is 6.10. The third-order valence-electron chi connectivity index (χ3n) is 5.36. The molecule has 3 aliphatic carbocycles. The van der Waals surface area contributed by atoms with Crippen molar-refractivity contribution in [1.29, 1.82) is 0 Å². The summed E-state index contributed by atoms with van der Waals surface area (Å²) in [7, 11) is 1.40. The molecule has 1 aromatic carbocycles. The molecular weight excluding hydrogens is 266 g/mol. The second kappa shape index (κ2) is 4.20. The molecule has 4 aliphatic rings. The monoisotopic (exact) mass is 283 g/mol. The number of methoxy groups -OCH3 is 1. The lowest BCUT2D eigenvalue weighted by Crippen LogP contribution is -2.57. The van der Waals surface area contributed by atoms with Crippen LogP contribution in [-0.2, 0) is 19.7 Å². The van der Waals surface area contributed by atoms with Crippen molar-refractivity contribution in [2.75, 3.05) is 12.4 Å². The van der Waals surface area contributed by atoms with Gasteiger partial charge in [-0.05, 0) is 36.3 Å². The van der Waals surface area contributed by atoms with Gasteiger partial charge < -0.3 is 10.1 Å². The van der Waals surface area contributed by atoms with E-state index in [-0.39, 0.29) is 23.7 Å². The fourth-order valence-electron chi connectivity index (χ4n) is 4.53. The number of hydrogen-bond acceptors (Lipinski definition) is 3. The van der Waals surface area contributed by atoms with Crippen LogP contribution in [0.4, 0.5) is 5.69 Å². The van der Waals surface area contributed by atoms with Crippen molar-refractivity contribution >= 4 is 17.6 Å². The van der Waals surface area contributed by atoms with Crippen LogP contribution in [-0.4, -0.2) is 19.0 Å². The Balaban J connectivity index is 1.98. The number of para-hydroxylation sites is 1. The van der Waals surface area contributed by atoms with Crippen LogP contribution >= 0.6 is 0 Å². The number of amides is 1. The zero-order valence-corrected chi connectivity index (χ0v) is 11.8. The van der Waals surface area contributed by atoms with Gasteiger partial charge in [0.1, 0.15) is 0 Å². The van der Waals surface area contributed by atoms with Crippen LogP contribution in [0.5, 0.6) is 0 Å². The summed E-state index contributed by atoms with van der Waals surface area (Å²) in [6, 6.07) is 7.71. The molecule has 1 aliphatic heterocycles. The summed E-state index contributed by atoms with van der Waals surface area (Å²) >= 11 is 0. The number of ether oxygens (including phenoxy) is 1. The second-order valence-electron chi connectivity index (χ2n) is 6.10. The van der Waals surface area contributed by atoms with Crippen molar-refractivity contribution in [3.63, 3.8) is 0 Å². The molecule has 4 heteroatoms. The Hall–Kier alpha value is -2.10. The predicted octanol–water partition coefficient (Wildman–Crippen LogP) is 2.26. The highest BCUT2D eigenvalue weighted by atomic mass is 16.5. The topological polar surface area (TPSA) is 55.4 Å². The predicted molar refractivity (Wildman–Crippen MR) is 77.6 cm³/mol. The average Bonchev–Trinajstić information content (AvgIpc) is 2.81. The molecule has 2 bridgehead atoms. The maximum absolute atomic E-state index is 12.9. The minimum Gasteiger partial charge on any atom is -0.469 e. The Morgan fingerprint density at radius 3 is 2.81 bits per heavy atom. The molecule has 1 amide bonds. The zero-order chi connectivity index (χ0) is 14.6. The first-order valence-corrected chi connectivity index (χ1v) is 7.36. The van der Waals surface area contributed by atoms with Gasteiger partial charge in [0.25, 0.3) is 0 Å². The Bertz CT molecular complexity index is 666. The molecule has 1 heterocycles. The van der Waals surface area contributed by atoms with Gasteiger partial charge in [-0.15, -0.1) is 0 Å². The number of hydrogen-bond donors (Lipinski definition) is 1. The highest BCUT2D eigenvalue weighted by Crippen LogP contribution is 2.58. The summed E-state index contributed by atoms with van der Waals surface area (Å²) in [4.78, 5) is 25.3. The van der Waals surface area contributed by atoms with Gasteiger partial charge in [-0.1, -0.05) is 30.4 Å². The summed E-state index contributed by atoms with van der Waals surface area (Å²) in [5.41, 5.74) is 0.989. The molecule has 1 fully saturated rings. The van der Waals surface area contributed by atoms with E-state index in [1.807, 2.05) is 24.3 Å². The van der Waals surface area contributed by atoms with E-state index >= 15 is 0 Å². The van der Waals surface area contributed by atoms with E-state index in [1.54, 1.807) is 0 Å². The van der Waals surface area contributed by atoms with Crippen LogP contribution in [0, 0.1) is 17.8 Å². The van der Waals surface area contributed by atoms with Crippen molar-refractivity contribution in [1.82, 2.24) is 0 Å². The number of carbonyl (C=O) groups is 2. The van der Waals surface area contributed by atoms with Gasteiger partial charge in [-0.3, -0.25) is 9.59 Å². The summed E-state index contributed by atoms with van der Waals surface area (Å²) in [5.74, 6) is -0.608. The first kappa shape index (κ1) is 12.6. The van der Waals surface area contributed by atoms with Crippen molar-refractivity contribution in [2.45, 2.75) is 18.3 Å². The molecule has 4 atom stereocenters. The van der Waals surface area contributed by atoms with Gasteiger partial charge >= 0.3 is 5.97 Å². The Morgan fingerprint density at radius 2 is 2.10 bits per heavy atom. The van der Waals surface area contributed by atoms with Gasteiger partial charge in [0, 0.05) is 5.69 Å². The lowest BCUT2D eigenvalue weighted by molar-refractivity contribution is -0.156. The van der Waals surface area contributed by atoms with Crippen molar-refractivity contribution in [2.24, 2.45) is 17.8 Å². The molecule has 1 aromatic rings. The average molecular weight is 283 g/mol. The molecule has 108 valence electrons. The maximum atomic E-state index is 12.9. The lowest BCUT2D eigenvalue weighted by Gasteiger charge is -2.49. The molecule has 1 N–H and O–H groups in total. The number of benzene rings is 1. The molecule has 0 saturated heterocycles. The van der Waals surface area contributed by atoms with E-state index in [4.69, 9.17) is 4.74 Å². The Morgan fingerprint density at radius 1 is 1.29 bits per heavy atom. The Labute approximate surface area is 123 Å². The normalized spacial score (nSPS) is 35.7. The summed E-state index contributed by atoms with van der Waals surface area (Å²) in [6.07, 6.45) is 6.10. The number of anilines is 1. The van der Waals surface area contributed by atoms with Gasteiger partial charge in [-0.2, -0.15) is 0 Å². The van der Waals surface area contributed by atoms with Crippen molar-refractivity contribution < 1.29 is 14.3 Å². The largest absolute Gasteiger partial charge is 0.469 e. The van der Waals surface area contributed by atoms with E-state index in [2.05, 4.69) is 17.5 Å². The van der Waals surface area contributed by atoms with Gasteiger partial charge in [-0.25, -0.2) is 0 Å². The van der Waals surface area contributed by atoms with Crippen LogP contribution in [0.2, 0.25) is 0 Å². The number of esters is 1. The fraction of sp³-hybridized carbons (Fsp3) is 0.412. The minimum absolute atomic E-state index is 0.0573. The molecular formula is C17H17NO3. The van der Waals surface area contributed by atoms with Crippen LogP contribution in [0.3, 0.4) is 0 Å². The van der Waals surface area contributed by atoms with Crippen molar-refractivity contribution in [3.05, 3.63) is 42.0 Å². The molecule has 5 rings (SSSR count). The maximum Gasteiger partial charge on any atom is 0.310 e. The number of allylic oxidation sites excluding steroid dienone is 2. The van der Waals surface area contributed by atoms with Crippen LogP contribution in [0.25, 0.3) is 0 Å². The molecule has 4 nitrogen and oxygen atoms in total. The highest BCUT2D eigenvalue weighted by Gasteiger charge is 2.64. The summed E-state index contributed by atoms with van der Waals surface area (Å²) in [6.45, 7) is 0.